The monoisotopic (exact) mass is 277 g/mol. The molecule has 0 aliphatic carbocycles. The van der Waals surface area contributed by atoms with Gasteiger partial charge in [0.2, 0.25) is 5.91 Å². The van der Waals surface area contributed by atoms with E-state index >= 15 is 0 Å². The summed E-state index contributed by atoms with van der Waals surface area (Å²) in [6.45, 7) is 1.74. The number of nitrogens with one attached hydrogen (secondary N) is 2. The van der Waals surface area contributed by atoms with E-state index in [9.17, 15) is 13.6 Å². The van der Waals surface area contributed by atoms with Crippen LogP contribution in [0.5, 0.6) is 0 Å². The van der Waals surface area contributed by atoms with E-state index in [2.05, 4.69) is 15.6 Å². The van der Waals surface area contributed by atoms with Crippen LogP contribution in [-0.2, 0) is 4.79 Å². The van der Waals surface area contributed by atoms with Crippen molar-refractivity contribution in [2.75, 3.05) is 10.6 Å². The number of nitrogens with zero attached hydrogens (tertiary/aromatic N) is 1. The molecule has 1 amide bonds. The Kier molecular flexibility index (Phi) is 4.24. The number of carbonyl (C=O) groups is 1. The Hall–Kier alpha value is -2.50. The molecule has 2 rings (SSSR count). The van der Waals surface area contributed by atoms with Crippen molar-refractivity contribution in [3.63, 3.8) is 0 Å². The van der Waals surface area contributed by atoms with E-state index < -0.39 is 11.6 Å². The van der Waals surface area contributed by atoms with E-state index in [1.54, 1.807) is 19.1 Å². The van der Waals surface area contributed by atoms with Crippen LogP contribution in [0.2, 0.25) is 0 Å². The maximum Gasteiger partial charge on any atom is 0.225 e. The number of carbonyl (C=O) groups excluding carboxylic acids is 1. The minimum Gasteiger partial charge on any atom is -0.352 e. The Morgan fingerprint density at radius 3 is 2.65 bits per heavy atom. The predicted molar refractivity (Wildman–Crippen MR) is 72.8 cm³/mol. The normalized spacial score (nSPS) is 10.2. The second kappa shape index (κ2) is 6.10. The number of pyridine rings is 1. The van der Waals surface area contributed by atoms with E-state index in [0.717, 1.165) is 12.1 Å². The van der Waals surface area contributed by atoms with Crippen LogP contribution in [0.4, 0.5) is 26.0 Å². The number of halogens is 2. The SMILES string of the molecule is CCC(=O)Nc1ccc(Nc2ccc(F)cc2F)cn1. The molecule has 2 aromatic rings. The molecule has 1 heterocycles. The second-order valence-corrected chi connectivity index (χ2v) is 4.08. The van der Waals surface area contributed by atoms with Gasteiger partial charge >= 0.3 is 0 Å². The molecule has 0 radical (unpaired) electrons. The van der Waals surface area contributed by atoms with E-state index in [-0.39, 0.29) is 11.6 Å². The highest BCUT2D eigenvalue weighted by atomic mass is 19.1. The van der Waals surface area contributed by atoms with Crippen molar-refractivity contribution >= 4 is 23.1 Å². The van der Waals surface area contributed by atoms with Gasteiger partial charge in [-0.1, -0.05) is 6.92 Å². The van der Waals surface area contributed by atoms with Gasteiger partial charge in [0.05, 0.1) is 17.6 Å². The average molecular weight is 277 g/mol. The second-order valence-electron chi connectivity index (χ2n) is 4.08. The van der Waals surface area contributed by atoms with E-state index in [0.29, 0.717) is 17.9 Å². The summed E-state index contributed by atoms with van der Waals surface area (Å²) in [5, 5.41) is 5.38. The van der Waals surface area contributed by atoms with Crippen molar-refractivity contribution in [3.05, 3.63) is 48.2 Å². The summed E-state index contributed by atoms with van der Waals surface area (Å²) in [6.07, 6.45) is 1.82. The third-order valence-corrected chi connectivity index (χ3v) is 2.56. The van der Waals surface area contributed by atoms with Crippen LogP contribution in [0.15, 0.2) is 36.5 Å². The summed E-state index contributed by atoms with van der Waals surface area (Å²) in [5.74, 6) is -1.04. The van der Waals surface area contributed by atoms with Crippen LogP contribution in [0.3, 0.4) is 0 Å². The molecule has 104 valence electrons. The maximum absolute atomic E-state index is 13.5. The fourth-order valence-corrected chi connectivity index (χ4v) is 1.52. The van der Waals surface area contributed by atoms with Crippen LogP contribution in [0, 0.1) is 11.6 Å². The van der Waals surface area contributed by atoms with Crippen LogP contribution in [0.1, 0.15) is 13.3 Å². The quantitative estimate of drug-likeness (QED) is 0.900. The van der Waals surface area contributed by atoms with Gasteiger partial charge in [0.15, 0.2) is 0 Å². The van der Waals surface area contributed by atoms with Gasteiger partial charge in [-0.05, 0) is 24.3 Å². The number of hydrogen-bond donors (Lipinski definition) is 2. The van der Waals surface area contributed by atoms with Gasteiger partial charge < -0.3 is 10.6 Å². The molecule has 0 atom stereocenters. The van der Waals surface area contributed by atoms with Crippen molar-refractivity contribution in [2.45, 2.75) is 13.3 Å². The van der Waals surface area contributed by atoms with Crippen LogP contribution in [0.25, 0.3) is 0 Å². The number of hydrogen-bond acceptors (Lipinski definition) is 3. The van der Waals surface area contributed by atoms with Gasteiger partial charge in [-0.2, -0.15) is 0 Å². The minimum absolute atomic E-state index is 0.136. The number of benzene rings is 1. The van der Waals surface area contributed by atoms with Gasteiger partial charge in [-0.15, -0.1) is 0 Å². The van der Waals surface area contributed by atoms with Crippen LogP contribution in [-0.4, -0.2) is 10.9 Å². The fourth-order valence-electron chi connectivity index (χ4n) is 1.52. The molecule has 0 unspecified atom stereocenters. The molecule has 0 spiro atoms. The molecule has 2 N–H and O–H groups in total. The standard InChI is InChI=1S/C14H13F2N3O/c1-2-14(20)19-13-6-4-10(8-17-13)18-12-5-3-9(15)7-11(12)16/h3-8,18H,2H2,1H3,(H,17,19,20). The highest BCUT2D eigenvalue weighted by molar-refractivity contribution is 5.89. The third kappa shape index (κ3) is 3.50. The zero-order valence-electron chi connectivity index (χ0n) is 10.8. The molecule has 1 aromatic heterocycles. The number of anilines is 3. The first-order valence-corrected chi connectivity index (χ1v) is 6.06. The summed E-state index contributed by atoms with van der Waals surface area (Å²) in [5.41, 5.74) is 0.684. The predicted octanol–water partition coefficient (Wildman–Crippen LogP) is 3.45. The zero-order valence-corrected chi connectivity index (χ0v) is 10.8. The summed E-state index contributed by atoms with van der Waals surface area (Å²) in [7, 11) is 0. The molecule has 4 nitrogen and oxygen atoms in total. The molecular weight excluding hydrogens is 264 g/mol. The molecule has 0 saturated carbocycles. The van der Waals surface area contributed by atoms with Gasteiger partial charge in [-0.25, -0.2) is 13.8 Å². The largest absolute Gasteiger partial charge is 0.352 e. The maximum atomic E-state index is 13.5. The highest BCUT2D eigenvalue weighted by Crippen LogP contribution is 2.20. The lowest BCUT2D eigenvalue weighted by Gasteiger charge is -2.08. The zero-order chi connectivity index (χ0) is 14.5. The van der Waals surface area contributed by atoms with Crippen molar-refractivity contribution in [3.8, 4) is 0 Å². The highest BCUT2D eigenvalue weighted by Gasteiger charge is 2.05. The molecule has 20 heavy (non-hydrogen) atoms. The van der Waals surface area contributed by atoms with E-state index in [4.69, 9.17) is 0 Å². The smallest absolute Gasteiger partial charge is 0.225 e. The van der Waals surface area contributed by atoms with Gasteiger partial charge in [0.25, 0.3) is 0 Å². The molecule has 0 aliphatic heterocycles. The Morgan fingerprint density at radius 1 is 1.25 bits per heavy atom. The summed E-state index contributed by atoms with van der Waals surface area (Å²) >= 11 is 0. The Balaban J connectivity index is 2.08. The molecule has 0 fully saturated rings. The third-order valence-electron chi connectivity index (χ3n) is 2.56. The fraction of sp³-hybridized carbons (Fsp3) is 0.143. The van der Waals surface area contributed by atoms with Gasteiger partial charge in [0, 0.05) is 12.5 Å². The van der Waals surface area contributed by atoms with Crippen molar-refractivity contribution < 1.29 is 13.6 Å². The van der Waals surface area contributed by atoms with Crippen LogP contribution < -0.4 is 10.6 Å². The van der Waals surface area contributed by atoms with E-state index in [1.165, 1.54) is 12.3 Å². The average Bonchev–Trinajstić information content (AvgIpc) is 2.44. The van der Waals surface area contributed by atoms with Crippen molar-refractivity contribution in [1.29, 1.82) is 0 Å². The summed E-state index contributed by atoms with van der Waals surface area (Å²) < 4.78 is 26.2. The molecule has 1 aromatic carbocycles. The lowest BCUT2D eigenvalue weighted by molar-refractivity contribution is -0.115. The topological polar surface area (TPSA) is 54.0 Å². The Bertz CT molecular complexity index is 614. The summed E-state index contributed by atoms with van der Waals surface area (Å²) in [4.78, 5) is 15.2. The van der Waals surface area contributed by atoms with Crippen molar-refractivity contribution in [2.24, 2.45) is 0 Å². The lowest BCUT2D eigenvalue weighted by atomic mass is 10.3. The molecule has 0 aliphatic rings. The minimum atomic E-state index is -0.687. The van der Waals surface area contributed by atoms with E-state index in [1.807, 2.05) is 0 Å². The van der Waals surface area contributed by atoms with Crippen molar-refractivity contribution in [1.82, 2.24) is 4.98 Å². The first-order valence-electron chi connectivity index (χ1n) is 6.06. The summed E-state index contributed by atoms with van der Waals surface area (Å²) in [6, 6.07) is 6.50. The Morgan fingerprint density at radius 2 is 2.05 bits per heavy atom. The lowest BCUT2D eigenvalue weighted by Crippen LogP contribution is -2.10. The number of rotatable bonds is 4. The molecule has 6 heteroatoms. The first kappa shape index (κ1) is 13.9. The van der Waals surface area contributed by atoms with Gasteiger partial charge in [0.1, 0.15) is 17.5 Å². The molecule has 0 bridgehead atoms. The molecular formula is C14H13F2N3O. The number of amides is 1. The van der Waals surface area contributed by atoms with Gasteiger partial charge in [-0.3, -0.25) is 4.79 Å². The first-order chi connectivity index (χ1) is 9.58. The molecule has 0 saturated heterocycles. The Labute approximate surface area is 114 Å². The number of aromatic nitrogens is 1. The van der Waals surface area contributed by atoms with Crippen LogP contribution >= 0.6 is 0 Å².